The third kappa shape index (κ3) is 4.22. The quantitative estimate of drug-likeness (QED) is 0.905. The Labute approximate surface area is 126 Å². The molecule has 1 aliphatic rings. The van der Waals surface area contributed by atoms with Crippen molar-refractivity contribution < 1.29 is 4.79 Å². The minimum absolute atomic E-state index is 0.0460. The van der Waals surface area contributed by atoms with Crippen molar-refractivity contribution in [1.82, 2.24) is 10.2 Å². The average Bonchev–Trinajstić information content (AvgIpc) is 2.85. The van der Waals surface area contributed by atoms with E-state index in [1.807, 2.05) is 24.3 Å². The SMILES string of the molecule is CC(C)CN1CCC[C@@H]1C(=O)NCc1ccc(Cl)cc1. The van der Waals surface area contributed by atoms with Crippen LogP contribution in [0.3, 0.4) is 0 Å². The first-order chi connectivity index (χ1) is 9.56. The molecule has 1 fully saturated rings. The zero-order chi connectivity index (χ0) is 14.5. The largest absolute Gasteiger partial charge is 0.351 e. The minimum atomic E-state index is 0.0460. The first-order valence-corrected chi connectivity index (χ1v) is 7.70. The Hall–Kier alpha value is -1.06. The summed E-state index contributed by atoms with van der Waals surface area (Å²) in [6, 6.07) is 7.64. The molecule has 110 valence electrons. The number of carbonyl (C=O) groups excluding carboxylic acids is 1. The van der Waals surface area contributed by atoms with Crippen molar-refractivity contribution >= 4 is 17.5 Å². The van der Waals surface area contributed by atoms with Crippen molar-refractivity contribution in [2.45, 2.75) is 39.3 Å². The van der Waals surface area contributed by atoms with E-state index in [2.05, 4.69) is 24.1 Å². The van der Waals surface area contributed by atoms with Crippen LogP contribution >= 0.6 is 11.6 Å². The zero-order valence-electron chi connectivity index (χ0n) is 12.2. The summed E-state index contributed by atoms with van der Waals surface area (Å²) in [4.78, 5) is 14.6. The highest BCUT2D eigenvalue weighted by atomic mass is 35.5. The van der Waals surface area contributed by atoms with Gasteiger partial charge in [-0.1, -0.05) is 37.6 Å². The number of rotatable bonds is 5. The van der Waals surface area contributed by atoms with E-state index in [1.165, 1.54) is 0 Å². The van der Waals surface area contributed by atoms with Gasteiger partial charge in [0.1, 0.15) is 0 Å². The Morgan fingerprint density at radius 2 is 2.10 bits per heavy atom. The molecule has 1 atom stereocenters. The average molecular weight is 295 g/mol. The summed E-state index contributed by atoms with van der Waals surface area (Å²) in [5, 5.41) is 3.76. The molecule has 0 aromatic heterocycles. The summed E-state index contributed by atoms with van der Waals surface area (Å²) < 4.78 is 0. The number of hydrogen-bond donors (Lipinski definition) is 1. The number of nitrogens with one attached hydrogen (secondary N) is 1. The van der Waals surface area contributed by atoms with Gasteiger partial charge in [-0.05, 0) is 43.0 Å². The summed E-state index contributed by atoms with van der Waals surface area (Å²) in [5.74, 6) is 0.748. The topological polar surface area (TPSA) is 32.3 Å². The van der Waals surface area contributed by atoms with Crippen LogP contribution < -0.4 is 5.32 Å². The van der Waals surface area contributed by atoms with Crippen LogP contribution in [0.4, 0.5) is 0 Å². The second kappa shape index (κ2) is 7.09. The molecule has 1 aromatic rings. The van der Waals surface area contributed by atoms with Crippen molar-refractivity contribution in [3.05, 3.63) is 34.9 Å². The Bertz CT molecular complexity index is 444. The van der Waals surface area contributed by atoms with Crippen LogP contribution in [0.2, 0.25) is 5.02 Å². The normalized spacial score (nSPS) is 19.5. The second-order valence-corrected chi connectivity index (χ2v) is 6.33. The lowest BCUT2D eigenvalue weighted by Crippen LogP contribution is -2.44. The van der Waals surface area contributed by atoms with Crippen molar-refractivity contribution in [1.29, 1.82) is 0 Å². The molecule has 0 aliphatic carbocycles. The van der Waals surface area contributed by atoms with Crippen molar-refractivity contribution in [3.8, 4) is 0 Å². The molecule has 0 radical (unpaired) electrons. The Balaban J connectivity index is 1.86. The number of carbonyl (C=O) groups is 1. The molecule has 1 N–H and O–H groups in total. The summed E-state index contributed by atoms with van der Waals surface area (Å²) in [6.45, 7) is 7.00. The molecule has 4 heteroatoms. The Morgan fingerprint density at radius 1 is 1.40 bits per heavy atom. The fraction of sp³-hybridized carbons (Fsp3) is 0.562. The van der Waals surface area contributed by atoms with Gasteiger partial charge in [-0.25, -0.2) is 0 Å². The summed E-state index contributed by atoms with van der Waals surface area (Å²) in [7, 11) is 0. The van der Waals surface area contributed by atoms with Crippen LogP contribution in [0.5, 0.6) is 0 Å². The molecule has 1 saturated heterocycles. The first kappa shape index (κ1) is 15.3. The van der Waals surface area contributed by atoms with E-state index in [0.29, 0.717) is 12.5 Å². The third-order valence-corrected chi connectivity index (χ3v) is 3.90. The zero-order valence-corrected chi connectivity index (χ0v) is 13.0. The van der Waals surface area contributed by atoms with Crippen molar-refractivity contribution in [3.63, 3.8) is 0 Å². The lowest BCUT2D eigenvalue weighted by atomic mass is 10.1. The van der Waals surface area contributed by atoms with Crippen LogP contribution in [0.15, 0.2) is 24.3 Å². The molecular formula is C16H23ClN2O. The molecule has 1 aliphatic heterocycles. The maximum absolute atomic E-state index is 12.3. The van der Waals surface area contributed by atoms with E-state index in [1.54, 1.807) is 0 Å². The van der Waals surface area contributed by atoms with Gasteiger partial charge in [-0.3, -0.25) is 9.69 Å². The second-order valence-electron chi connectivity index (χ2n) is 5.89. The highest BCUT2D eigenvalue weighted by molar-refractivity contribution is 6.30. The number of amides is 1. The lowest BCUT2D eigenvalue weighted by Gasteiger charge is -2.25. The molecule has 2 rings (SSSR count). The summed E-state index contributed by atoms with van der Waals surface area (Å²) >= 11 is 5.85. The number of likely N-dealkylation sites (tertiary alicyclic amines) is 1. The lowest BCUT2D eigenvalue weighted by molar-refractivity contribution is -0.125. The fourth-order valence-corrected chi connectivity index (χ4v) is 2.85. The molecule has 0 unspecified atom stereocenters. The fourth-order valence-electron chi connectivity index (χ4n) is 2.72. The molecule has 3 nitrogen and oxygen atoms in total. The monoisotopic (exact) mass is 294 g/mol. The van der Waals surface area contributed by atoms with Gasteiger partial charge in [0.25, 0.3) is 0 Å². The standard InChI is InChI=1S/C16H23ClN2O/c1-12(2)11-19-9-3-4-15(19)16(20)18-10-13-5-7-14(17)8-6-13/h5-8,12,15H,3-4,9-11H2,1-2H3,(H,18,20)/t15-/m1/s1. The van der Waals surface area contributed by atoms with Gasteiger partial charge in [0.05, 0.1) is 6.04 Å². The Morgan fingerprint density at radius 3 is 2.75 bits per heavy atom. The highest BCUT2D eigenvalue weighted by Crippen LogP contribution is 2.19. The molecule has 0 spiro atoms. The Kier molecular flexibility index (Phi) is 5.44. The van der Waals surface area contributed by atoms with Crippen molar-refractivity contribution in [2.24, 2.45) is 5.92 Å². The number of benzene rings is 1. The van der Waals surface area contributed by atoms with Gasteiger partial charge >= 0.3 is 0 Å². The third-order valence-electron chi connectivity index (χ3n) is 3.65. The van der Waals surface area contributed by atoms with Crippen LogP contribution in [0.1, 0.15) is 32.3 Å². The van der Waals surface area contributed by atoms with Crippen molar-refractivity contribution in [2.75, 3.05) is 13.1 Å². The molecule has 0 bridgehead atoms. The predicted molar refractivity (Wildman–Crippen MR) is 82.7 cm³/mol. The van der Waals surface area contributed by atoms with E-state index >= 15 is 0 Å². The van der Waals surface area contributed by atoms with Gasteiger partial charge < -0.3 is 5.32 Å². The van der Waals surface area contributed by atoms with E-state index in [-0.39, 0.29) is 11.9 Å². The van der Waals surface area contributed by atoms with Gasteiger partial charge in [-0.2, -0.15) is 0 Å². The molecule has 1 amide bonds. The molecule has 20 heavy (non-hydrogen) atoms. The van der Waals surface area contributed by atoms with Crippen LogP contribution in [-0.4, -0.2) is 29.9 Å². The summed E-state index contributed by atoms with van der Waals surface area (Å²) in [5.41, 5.74) is 1.08. The van der Waals surface area contributed by atoms with Gasteiger partial charge in [-0.15, -0.1) is 0 Å². The number of nitrogens with zero attached hydrogens (tertiary/aromatic N) is 1. The maximum Gasteiger partial charge on any atom is 0.237 e. The van der Waals surface area contributed by atoms with Gasteiger partial charge in [0.15, 0.2) is 0 Å². The van der Waals surface area contributed by atoms with Crippen LogP contribution in [0, 0.1) is 5.92 Å². The van der Waals surface area contributed by atoms with Crippen LogP contribution in [-0.2, 0) is 11.3 Å². The van der Waals surface area contributed by atoms with E-state index in [9.17, 15) is 4.79 Å². The van der Waals surface area contributed by atoms with E-state index < -0.39 is 0 Å². The number of halogens is 1. The molecular weight excluding hydrogens is 272 g/mol. The first-order valence-electron chi connectivity index (χ1n) is 7.32. The summed E-state index contributed by atoms with van der Waals surface area (Å²) in [6.07, 6.45) is 2.09. The van der Waals surface area contributed by atoms with Gasteiger partial charge in [0, 0.05) is 18.1 Å². The van der Waals surface area contributed by atoms with E-state index in [4.69, 9.17) is 11.6 Å². The van der Waals surface area contributed by atoms with Crippen LogP contribution in [0.25, 0.3) is 0 Å². The predicted octanol–water partition coefficient (Wildman–Crippen LogP) is 3.08. The molecule has 0 saturated carbocycles. The van der Waals surface area contributed by atoms with E-state index in [0.717, 1.165) is 36.5 Å². The smallest absolute Gasteiger partial charge is 0.237 e. The minimum Gasteiger partial charge on any atom is -0.351 e. The highest BCUT2D eigenvalue weighted by Gasteiger charge is 2.30. The van der Waals surface area contributed by atoms with Gasteiger partial charge in [0.2, 0.25) is 5.91 Å². The molecule has 1 aromatic carbocycles. The number of hydrogen-bond acceptors (Lipinski definition) is 2. The maximum atomic E-state index is 12.3. The molecule has 1 heterocycles.